The number of carbonyl (C=O) groups is 1. The number of carbonyl (C=O) groups excluding carboxylic acids is 1. The van der Waals surface area contributed by atoms with Crippen molar-refractivity contribution in [2.24, 2.45) is 5.92 Å². The van der Waals surface area contributed by atoms with E-state index in [-0.39, 0.29) is 11.8 Å². The van der Waals surface area contributed by atoms with E-state index < -0.39 is 0 Å². The Hall–Kier alpha value is -0.570. The summed E-state index contributed by atoms with van der Waals surface area (Å²) in [5, 5.41) is 3.20. The molecule has 0 aromatic heterocycles. The Morgan fingerprint density at radius 3 is 2.80 bits per heavy atom. The van der Waals surface area contributed by atoms with Crippen molar-refractivity contribution in [2.45, 2.75) is 51.6 Å². The molecule has 0 saturated carbocycles. The number of fused-ring (bicyclic) bond motifs is 1. The molecule has 0 radical (unpaired) electrons. The lowest BCUT2D eigenvalue weighted by Gasteiger charge is -2.32. The van der Waals surface area contributed by atoms with Crippen LogP contribution in [0.3, 0.4) is 0 Å². The lowest BCUT2D eigenvalue weighted by atomic mass is 9.98. The number of rotatable bonds is 2. The van der Waals surface area contributed by atoms with Crippen molar-refractivity contribution in [1.82, 2.24) is 10.2 Å². The molecule has 2 aliphatic heterocycles. The van der Waals surface area contributed by atoms with Gasteiger partial charge < -0.3 is 5.32 Å². The second-order valence-electron chi connectivity index (χ2n) is 5.16. The normalized spacial score (nSPS) is 31.7. The van der Waals surface area contributed by atoms with Crippen LogP contribution in [-0.2, 0) is 4.79 Å². The second kappa shape index (κ2) is 4.52. The molecule has 1 N–H and O–H groups in total. The van der Waals surface area contributed by atoms with E-state index >= 15 is 0 Å². The average Bonchev–Trinajstić information content (AvgIpc) is 2.62. The summed E-state index contributed by atoms with van der Waals surface area (Å²) in [7, 11) is 0. The molecule has 1 amide bonds. The average molecular weight is 210 g/mol. The van der Waals surface area contributed by atoms with Crippen LogP contribution in [0, 0.1) is 5.92 Å². The van der Waals surface area contributed by atoms with Crippen LogP contribution in [0.5, 0.6) is 0 Å². The van der Waals surface area contributed by atoms with Gasteiger partial charge in [-0.25, -0.2) is 0 Å². The lowest BCUT2D eigenvalue weighted by molar-refractivity contribution is -0.124. The third kappa shape index (κ3) is 2.33. The van der Waals surface area contributed by atoms with E-state index in [0.717, 1.165) is 6.42 Å². The van der Waals surface area contributed by atoms with E-state index in [1.165, 1.54) is 32.4 Å². The van der Waals surface area contributed by atoms with Crippen LogP contribution >= 0.6 is 0 Å². The maximum absolute atomic E-state index is 11.6. The molecule has 2 fully saturated rings. The van der Waals surface area contributed by atoms with Gasteiger partial charge in [0.05, 0.1) is 0 Å². The first-order valence-electron chi connectivity index (χ1n) is 6.23. The zero-order valence-corrected chi connectivity index (χ0v) is 9.83. The molecule has 2 heterocycles. The van der Waals surface area contributed by atoms with Crippen molar-refractivity contribution in [1.29, 1.82) is 0 Å². The molecule has 2 saturated heterocycles. The molecule has 3 nitrogen and oxygen atoms in total. The Balaban J connectivity index is 1.90. The highest BCUT2D eigenvalue weighted by Gasteiger charge is 2.36. The van der Waals surface area contributed by atoms with Crippen molar-refractivity contribution in [3.63, 3.8) is 0 Å². The van der Waals surface area contributed by atoms with E-state index in [0.29, 0.717) is 12.1 Å². The highest BCUT2D eigenvalue weighted by atomic mass is 16.1. The fourth-order valence-corrected chi connectivity index (χ4v) is 2.77. The molecule has 2 aliphatic rings. The van der Waals surface area contributed by atoms with Crippen LogP contribution in [0.1, 0.15) is 39.5 Å². The summed E-state index contributed by atoms with van der Waals surface area (Å²) < 4.78 is 0. The summed E-state index contributed by atoms with van der Waals surface area (Å²) in [4.78, 5) is 14.2. The van der Waals surface area contributed by atoms with Crippen LogP contribution in [-0.4, -0.2) is 36.0 Å². The monoisotopic (exact) mass is 210 g/mol. The molecule has 2 atom stereocenters. The summed E-state index contributed by atoms with van der Waals surface area (Å²) in [6.45, 7) is 6.33. The minimum Gasteiger partial charge on any atom is -0.352 e. The van der Waals surface area contributed by atoms with Gasteiger partial charge >= 0.3 is 0 Å². The Bertz CT molecular complexity index is 240. The minimum atomic E-state index is 0.114. The maximum Gasteiger partial charge on any atom is 0.222 e. The van der Waals surface area contributed by atoms with Crippen LogP contribution < -0.4 is 5.32 Å². The summed E-state index contributed by atoms with van der Waals surface area (Å²) in [6, 6.07) is 1.04. The van der Waals surface area contributed by atoms with E-state index in [4.69, 9.17) is 0 Å². The minimum absolute atomic E-state index is 0.114. The summed E-state index contributed by atoms with van der Waals surface area (Å²) in [5.41, 5.74) is 0. The van der Waals surface area contributed by atoms with Gasteiger partial charge in [0.15, 0.2) is 0 Å². The van der Waals surface area contributed by atoms with Crippen LogP contribution in [0.25, 0.3) is 0 Å². The Morgan fingerprint density at radius 2 is 2.07 bits per heavy atom. The number of hydrogen-bond acceptors (Lipinski definition) is 2. The van der Waals surface area contributed by atoms with Gasteiger partial charge in [0, 0.05) is 24.5 Å². The van der Waals surface area contributed by atoms with E-state index in [2.05, 4.69) is 10.2 Å². The maximum atomic E-state index is 11.6. The van der Waals surface area contributed by atoms with Crippen molar-refractivity contribution in [3.05, 3.63) is 0 Å². The van der Waals surface area contributed by atoms with Gasteiger partial charge in [-0.3, -0.25) is 9.69 Å². The molecular weight excluding hydrogens is 188 g/mol. The topological polar surface area (TPSA) is 32.3 Å². The smallest absolute Gasteiger partial charge is 0.222 e. The Labute approximate surface area is 92.2 Å². The van der Waals surface area contributed by atoms with Crippen LogP contribution in [0.15, 0.2) is 0 Å². The summed E-state index contributed by atoms with van der Waals surface area (Å²) >= 11 is 0. The fourth-order valence-electron chi connectivity index (χ4n) is 2.77. The summed E-state index contributed by atoms with van der Waals surface area (Å²) in [5.74, 6) is 0.329. The van der Waals surface area contributed by atoms with Crippen molar-refractivity contribution >= 4 is 5.91 Å². The molecule has 3 heteroatoms. The largest absolute Gasteiger partial charge is 0.352 e. The van der Waals surface area contributed by atoms with Gasteiger partial charge in [0.25, 0.3) is 0 Å². The quantitative estimate of drug-likeness (QED) is 0.747. The predicted molar refractivity (Wildman–Crippen MR) is 60.6 cm³/mol. The van der Waals surface area contributed by atoms with Gasteiger partial charge in [0.2, 0.25) is 5.91 Å². The number of piperidine rings is 1. The fraction of sp³-hybridized carbons (Fsp3) is 0.917. The third-order valence-corrected chi connectivity index (χ3v) is 3.71. The zero-order chi connectivity index (χ0) is 10.8. The Morgan fingerprint density at radius 1 is 1.27 bits per heavy atom. The molecule has 0 aliphatic carbocycles. The first kappa shape index (κ1) is 10.9. The highest BCUT2D eigenvalue weighted by molar-refractivity contribution is 5.78. The lowest BCUT2D eigenvalue weighted by Crippen LogP contribution is -2.47. The standard InChI is InChI=1S/C12H22N2O/c1-9(2)12(15)13-10-6-8-14-7-4-3-5-11(10)14/h9-11H,3-8H2,1-2H3,(H,13,15)/t10-,11+/m1/s1. The SMILES string of the molecule is CC(C)C(=O)N[C@@H]1CCN2CCCC[C@@H]12. The number of amides is 1. The number of nitrogens with zero attached hydrogens (tertiary/aromatic N) is 1. The Kier molecular flexibility index (Phi) is 3.29. The number of nitrogens with one attached hydrogen (secondary N) is 1. The summed E-state index contributed by atoms with van der Waals surface area (Å²) in [6.07, 6.45) is 5.07. The van der Waals surface area contributed by atoms with E-state index in [1.807, 2.05) is 13.8 Å². The van der Waals surface area contributed by atoms with Crippen molar-refractivity contribution in [2.75, 3.05) is 13.1 Å². The molecule has 0 bridgehead atoms. The van der Waals surface area contributed by atoms with Crippen LogP contribution in [0.4, 0.5) is 0 Å². The zero-order valence-electron chi connectivity index (χ0n) is 9.83. The van der Waals surface area contributed by atoms with E-state index in [1.54, 1.807) is 0 Å². The molecule has 0 aromatic rings. The predicted octanol–water partition coefficient (Wildman–Crippen LogP) is 1.39. The van der Waals surface area contributed by atoms with Crippen molar-refractivity contribution in [3.8, 4) is 0 Å². The first-order chi connectivity index (χ1) is 7.18. The number of hydrogen-bond donors (Lipinski definition) is 1. The van der Waals surface area contributed by atoms with E-state index in [9.17, 15) is 4.79 Å². The van der Waals surface area contributed by atoms with Gasteiger partial charge in [0.1, 0.15) is 0 Å². The van der Waals surface area contributed by atoms with Crippen LogP contribution in [0.2, 0.25) is 0 Å². The molecule has 86 valence electrons. The first-order valence-corrected chi connectivity index (χ1v) is 6.23. The molecule has 0 spiro atoms. The van der Waals surface area contributed by atoms with Gasteiger partial charge in [-0.2, -0.15) is 0 Å². The van der Waals surface area contributed by atoms with Gasteiger partial charge in [-0.05, 0) is 25.8 Å². The second-order valence-corrected chi connectivity index (χ2v) is 5.16. The van der Waals surface area contributed by atoms with Crippen molar-refractivity contribution < 1.29 is 4.79 Å². The van der Waals surface area contributed by atoms with Gasteiger partial charge in [-0.1, -0.05) is 20.3 Å². The molecule has 0 aromatic carbocycles. The third-order valence-electron chi connectivity index (χ3n) is 3.71. The molecular formula is C12H22N2O. The molecule has 0 unspecified atom stereocenters. The molecule has 15 heavy (non-hydrogen) atoms. The molecule has 2 rings (SSSR count). The highest BCUT2D eigenvalue weighted by Crippen LogP contribution is 2.27. The van der Waals surface area contributed by atoms with Gasteiger partial charge in [-0.15, -0.1) is 0 Å².